The Balaban J connectivity index is 1.79. The van der Waals surface area contributed by atoms with Crippen molar-refractivity contribution in [3.8, 4) is 11.3 Å². The van der Waals surface area contributed by atoms with Crippen LogP contribution in [0.5, 0.6) is 0 Å². The van der Waals surface area contributed by atoms with Gasteiger partial charge in [0.1, 0.15) is 0 Å². The van der Waals surface area contributed by atoms with E-state index in [1.54, 1.807) is 36.1 Å². The van der Waals surface area contributed by atoms with Crippen LogP contribution >= 0.6 is 0 Å². The molecule has 8 heteroatoms. The molecule has 0 bridgehead atoms. The molecule has 2 aromatic heterocycles. The Labute approximate surface area is 157 Å². The Hall–Kier alpha value is -3.26. The molecule has 0 saturated heterocycles. The molecule has 3 aromatic rings. The summed E-state index contributed by atoms with van der Waals surface area (Å²) in [5.74, 6) is 0.253. The van der Waals surface area contributed by atoms with Gasteiger partial charge in [0.2, 0.25) is 5.95 Å². The van der Waals surface area contributed by atoms with Crippen LogP contribution in [0.25, 0.3) is 11.3 Å². The zero-order valence-electron chi connectivity index (χ0n) is 15.5. The minimum absolute atomic E-state index is 0.217. The molecule has 8 nitrogen and oxygen atoms in total. The summed E-state index contributed by atoms with van der Waals surface area (Å²) in [7, 11) is 1.84. The lowest BCUT2D eigenvalue weighted by Crippen LogP contribution is -2.30. The molecule has 0 spiro atoms. The first-order valence-electron chi connectivity index (χ1n) is 8.58. The summed E-state index contributed by atoms with van der Waals surface area (Å²) in [6.45, 7) is 3.78. The zero-order valence-corrected chi connectivity index (χ0v) is 15.5. The number of aliphatic hydroxyl groups excluding tert-OH is 1. The number of nitrogens with zero attached hydrogens (tertiary/aromatic N) is 4. The Morgan fingerprint density at radius 2 is 2.00 bits per heavy atom. The lowest BCUT2D eigenvalue weighted by Gasteiger charge is -2.10. The van der Waals surface area contributed by atoms with Gasteiger partial charge in [0.05, 0.1) is 23.7 Å². The topological polar surface area (TPSA) is 105 Å². The smallest absolute Gasteiger partial charge is 0.251 e. The van der Waals surface area contributed by atoms with Crippen molar-refractivity contribution in [2.45, 2.75) is 20.0 Å². The van der Waals surface area contributed by atoms with Crippen molar-refractivity contribution < 1.29 is 9.90 Å². The highest BCUT2D eigenvalue weighted by Crippen LogP contribution is 2.23. The number of carbonyl (C=O) groups excluding carboxylic acids is 1. The molecule has 1 aromatic carbocycles. The van der Waals surface area contributed by atoms with E-state index in [1.165, 1.54) is 0 Å². The highest BCUT2D eigenvalue weighted by atomic mass is 16.3. The van der Waals surface area contributed by atoms with Crippen LogP contribution in [0, 0.1) is 6.92 Å². The van der Waals surface area contributed by atoms with Crippen LogP contribution in [0.15, 0.2) is 42.9 Å². The van der Waals surface area contributed by atoms with Gasteiger partial charge in [-0.3, -0.25) is 9.48 Å². The number of nitrogens with one attached hydrogen (secondary N) is 2. The molecule has 0 aliphatic rings. The number of amides is 1. The second-order valence-electron chi connectivity index (χ2n) is 6.39. The van der Waals surface area contributed by atoms with Gasteiger partial charge in [-0.05, 0) is 31.5 Å². The third-order valence-corrected chi connectivity index (χ3v) is 3.91. The Kier molecular flexibility index (Phi) is 5.46. The van der Waals surface area contributed by atoms with Gasteiger partial charge in [0.15, 0.2) is 0 Å². The molecule has 2 heterocycles. The van der Waals surface area contributed by atoms with Gasteiger partial charge >= 0.3 is 0 Å². The van der Waals surface area contributed by atoms with Crippen molar-refractivity contribution in [1.82, 2.24) is 25.1 Å². The fourth-order valence-electron chi connectivity index (χ4n) is 2.53. The number of benzene rings is 1. The standard InChI is InChI=1S/C19H22N6O2/c1-12-8-21-19(23-16-10-22-25(3)11-16)24-17(12)14-4-6-15(7-5-14)18(27)20-9-13(2)26/h4-8,10-11,13,26H,9H2,1-3H3,(H,20,27)(H,21,23,24). The van der Waals surface area contributed by atoms with Crippen LogP contribution in [0.4, 0.5) is 11.6 Å². The fourth-order valence-corrected chi connectivity index (χ4v) is 2.53. The summed E-state index contributed by atoms with van der Waals surface area (Å²) in [5.41, 5.74) is 3.93. The van der Waals surface area contributed by atoms with Crippen LogP contribution in [-0.4, -0.2) is 43.4 Å². The number of hydrogen-bond acceptors (Lipinski definition) is 6. The SMILES string of the molecule is Cc1cnc(Nc2cnn(C)c2)nc1-c1ccc(C(=O)NCC(C)O)cc1. The molecule has 140 valence electrons. The van der Waals surface area contributed by atoms with Crippen molar-refractivity contribution in [1.29, 1.82) is 0 Å². The van der Waals surface area contributed by atoms with Crippen LogP contribution in [0.2, 0.25) is 0 Å². The third-order valence-electron chi connectivity index (χ3n) is 3.91. The van der Waals surface area contributed by atoms with E-state index in [2.05, 4.69) is 25.7 Å². The average molecular weight is 366 g/mol. The normalized spacial score (nSPS) is 11.9. The van der Waals surface area contributed by atoms with Crippen molar-refractivity contribution in [3.05, 3.63) is 54.0 Å². The van der Waals surface area contributed by atoms with Crippen molar-refractivity contribution in [2.75, 3.05) is 11.9 Å². The summed E-state index contributed by atoms with van der Waals surface area (Å²) in [5, 5.41) is 19.2. The molecular formula is C19H22N6O2. The number of hydrogen-bond donors (Lipinski definition) is 3. The molecular weight excluding hydrogens is 344 g/mol. The number of aryl methyl sites for hydroxylation is 2. The quantitative estimate of drug-likeness (QED) is 0.617. The first-order chi connectivity index (χ1) is 12.9. The predicted octanol–water partition coefficient (Wildman–Crippen LogP) is 2.04. The number of anilines is 2. The van der Waals surface area contributed by atoms with E-state index >= 15 is 0 Å². The van der Waals surface area contributed by atoms with Gasteiger partial charge in [0.25, 0.3) is 5.91 Å². The van der Waals surface area contributed by atoms with Crippen LogP contribution < -0.4 is 10.6 Å². The maximum absolute atomic E-state index is 12.1. The minimum atomic E-state index is -0.581. The lowest BCUT2D eigenvalue weighted by molar-refractivity contribution is 0.0924. The number of aromatic nitrogens is 4. The van der Waals surface area contributed by atoms with Gasteiger partial charge in [-0.2, -0.15) is 5.10 Å². The maximum Gasteiger partial charge on any atom is 0.251 e. The molecule has 3 rings (SSSR count). The van der Waals surface area contributed by atoms with E-state index in [0.717, 1.165) is 22.5 Å². The summed E-state index contributed by atoms with van der Waals surface area (Å²) in [6, 6.07) is 7.17. The van der Waals surface area contributed by atoms with Gasteiger partial charge in [-0.15, -0.1) is 0 Å². The molecule has 0 aliphatic carbocycles. The number of carbonyl (C=O) groups is 1. The second kappa shape index (κ2) is 7.96. The van der Waals surface area contributed by atoms with Gasteiger partial charge in [-0.1, -0.05) is 12.1 Å². The molecule has 1 amide bonds. The lowest BCUT2D eigenvalue weighted by atomic mass is 10.1. The van der Waals surface area contributed by atoms with E-state index in [-0.39, 0.29) is 12.5 Å². The van der Waals surface area contributed by atoms with Gasteiger partial charge in [0, 0.05) is 37.1 Å². The third kappa shape index (κ3) is 4.68. The zero-order chi connectivity index (χ0) is 19.4. The van der Waals surface area contributed by atoms with Crippen molar-refractivity contribution in [3.63, 3.8) is 0 Å². The Morgan fingerprint density at radius 3 is 2.63 bits per heavy atom. The first-order valence-corrected chi connectivity index (χ1v) is 8.58. The Bertz CT molecular complexity index is 934. The van der Waals surface area contributed by atoms with Gasteiger partial charge in [-0.25, -0.2) is 9.97 Å². The van der Waals surface area contributed by atoms with E-state index in [4.69, 9.17) is 0 Å². The largest absolute Gasteiger partial charge is 0.392 e. The summed E-state index contributed by atoms with van der Waals surface area (Å²) in [4.78, 5) is 21.0. The molecule has 0 fully saturated rings. The molecule has 1 atom stereocenters. The highest BCUT2D eigenvalue weighted by molar-refractivity contribution is 5.94. The molecule has 1 unspecified atom stereocenters. The van der Waals surface area contributed by atoms with Crippen LogP contribution in [0.1, 0.15) is 22.8 Å². The molecule has 0 saturated carbocycles. The van der Waals surface area contributed by atoms with Crippen molar-refractivity contribution in [2.24, 2.45) is 7.05 Å². The first kappa shape index (κ1) is 18.5. The predicted molar refractivity (Wildman–Crippen MR) is 103 cm³/mol. The molecule has 27 heavy (non-hydrogen) atoms. The van der Waals surface area contributed by atoms with E-state index in [9.17, 15) is 9.90 Å². The fraction of sp³-hybridized carbons (Fsp3) is 0.263. The Morgan fingerprint density at radius 1 is 1.26 bits per heavy atom. The summed E-state index contributed by atoms with van der Waals surface area (Å²) >= 11 is 0. The molecule has 3 N–H and O–H groups in total. The number of aliphatic hydroxyl groups is 1. The average Bonchev–Trinajstić information content (AvgIpc) is 3.06. The van der Waals surface area contributed by atoms with Crippen molar-refractivity contribution >= 4 is 17.5 Å². The minimum Gasteiger partial charge on any atom is -0.392 e. The summed E-state index contributed by atoms with van der Waals surface area (Å²) in [6.07, 6.45) is 4.71. The second-order valence-corrected chi connectivity index (χ2v) is 6.39. The van der Waals surface area contributed by atoms with Gasteiger partial charge < -0.3 is 15.7 Å². The van der Waals surface area contributed by atoms with Crippen LogP contribution in [0.3, 0.4) is 0 Å². The number of rotatable bonds is 6. The summed E-state index contributed by atoms with van der Waals surface area (Å²) < 4.78 is 1.69. The maximum atomic E-state index is 12.1. The highest BCUT2D eigenvalue weighted by Gasteiger charge is 2.10. The monoisotopic (exact) mass is 366 g/mol. The molecule has 0 radical (unpaired) electrons. The van der Waals surface area contributed by atoms with E-state index < -0.39 is 6.10 Å². The van der Waals surface area contributed by atoms with Crippen LogP contribution in [-0.2, 0) is 7.05 Å². The van der Waals surface area contributed by atoms with E-state index in [1.807, 2.05) is 32.3 Å². The van der Waals surface area contributed by atoms with E-state index in [0.29, 0.717) is 11.5 Å². The molecule has 0 aliphatic heterocycles.